The Hall–Kier alpha value is -1.59. The van der Waals surface area contributed by atoms with Crippen molar-refractivity contribution in [3.8, 4) is 0 Å². The highest BCUT2D eigenvalue weighted by atomic mass is 16.4. The molecule has 1 saturated carbocycles. The van der Waals surface area contributed by atoms with E-state index in [2.05, 4.69) is 5.32 Å². The van der Waals surface area contributed by atoms with E-state index in [1.165, 1.54) is 0 Å². The molecule has 2 fully saturated rings. The Balaban J connectivity index is 1.86. The second-order valence-corrected chi connectivity index (χ2v) is 7.78. The van der Waals surface area contributed by atoms with Crippen LogP contribution in [0.15, 0.2) is 0 Å². The minimum atomic E-state index is -0.841. The van der Waals surface area contributed by atoms with Crippen molar-refractivity contribution >= 4 is 17.8 Å². The van der Waals surface area contributed by atoms with Crippen LogP contribution >= 0.6 is 0 Å². The smallest absolute Gasteiger partial charge is 0.311 e. The molecule has 1 saturated heterocycles. The molecule has 2 atom stereocenters. The summed E-state index contributed by atoms with van der Waals surface area (Å²) in [6.07, 6.45) is 4.81. The summed E-state index contributed by atoms with van der Waals surface area (Å²) in [7, 11) is 0. The van der Waals surface area contributed by atoms with Crippen molar-refractivity contribution in [3.63, 3.8) is 0 Å². The normalized spacial score (nSPS) is 25.9. The number of aliphatic carboxylic acids is 1. The van der Waals surface area contributed by atoms with Crippen LogP contribution < -0.4 is 5.32 Å². The first kappa shape index (κ1) is 18.7. The number of carbonyl (C=O) groups is 3. The first-order chi connectivity index (χ1) is 11.3. The summed E-state index contributed by atoms with van der Waals surface area (Å²) in [5.74, 6) is -0.771. The molecule has 0 radical (unpaired) electrons. The maximum absolute atomic E-state index is 12.5. The van der Waals surface area contributed by atoms with Gasteiger partial charge in [0.15, 0.2) is 0 Å². The average molecular weight is 338 g/mol. The Morgan fingerprint density at radius 1 is 1.21 bits per heavy atom. The third-order valence-corrected chi connectivity index (χ3v) is 5.78. The molecular weight excluding hydrogens is 308 g/mol. The number of hydrogen-bond donors (Lipinski definition) is 2. The van der Waals surface area contributed by atoms with E-state index >= 15 is 0 Å². The molecule has 0 aromatic rings. The quantitative estimate of drug-likeness (QED) is 0.776. The molecule has 1 heterocycles. The van der Waals surface area contributed by atoms with Gasteiger partial charge < -0.3 is 15.3 Å². The van der Waals surface area contributed by atoms with Crippen molar-refractivity contribution in [1.82, 2.24) is 10.2 Å². The Labute approximate surface area is 144 Å². The Bertz CT molecular complexity index is 499. The van der Waals surface area contributed by atoms with E-state index in [9.17, 15) is 19.5 Å². The van der Waals surface area contributed by atoms with Crippen LogP contribution in [0, 0.1) is 17.3 Å². The van der Waals surface area contributed by atoms with Gasteiger partial charge in [-0.15, -0.1) is 0 Å². The Morgan fingerprint density at radius 2 is 1.83 bits per heavy atom. The van der Waals surface area contributed by atoms with Gasteiger partial charge in [-0.3, -0.25) is 14.4 Å². The monoisotopic (exact) mass is 338 g/mol. The summed E-state index contributed by atoms with van der Waals surface area (Å²) in [5, 5.41) is 12.5. The fourth-order valence-electron chi connectivity index (χ4n) is 3.93. The zero-order valence-electron chi connectivity index (χ0n) is 15.0. The van der Waals surface area contributed by atoms with E-state index in [4.69, 9.17) is 0 Å². The second kappa shape index (κ2) is 7.53. The third-order valence-electron chi connectivity index (χ3n) is 5.78. The highest BCUT2D eigenvalue weighted by molar-refractivity contribution is 5.83. The fourth-order valence-corrected chi connectivity index (χ4v) is 3.93. The molecule has 24 heavy (non-hydrogen) atoms. The van der Waals surface area contributed by atoms with E-state index in [0.29, 0.717) is 13.0 Å². The maximum Gasteiger partial charge on any atom is 0.311 e. The third kappa shape index (κ3) is 3.90. The van der Waals surface area contributed by atoms with Gasteiger partial charge in [-0.25, -0.2) is 0 Å². The number of likely N-dealkylation sites (tertiary alicyclic amines) is 1. The van der Waals surface area contributed by atoms with Crippen molar-refractivity contribution in [3.05, 3.63) is 0 Å². The van der Waals surface area contributed by atoms with E-state index < -0.39 is 11.4 Å². The van der Waals surface area contributed by atoms with Crippen molar-refractivity contribution in [1.29, 1.82) is 0 Å². The van der Waals surface area contributed by atoms with Gasteiger partial charge in [0.1, 0.15) is 0 Å². The van der Waals surface area contributed by atoms with E-state index in [-0.39, 0.29) is 42.7 Å². The number of nitrogens with one attached hydrogen (secondary N) is 1. The molecule has 6 heteroatoms. The summed E-state index contributed by atoms with van der Waals surface area (Å²) in [4.78, 5) is 37.9. The van der Waals surface area contributed by atoms with Crippen LogP contribution in [0.25, 0.3) is 0 Å². The molecule has 0 aromatic heterocycles. The second-order valence-electron chi connectivity index (χ2n) is 7.78. The molecule has 0 spiro atoms. The lowest BCUT2D eigenvalue weighted by atomic mass is 9.76. The minimum absolute atomic E-state index is 0.0210. The number of nitrogens with zero attached hydrogens (tertiary/aromatic N) is 1. The minimum Gasteiger partial charge on any atom is -0.481 e. The molecule has 2 amide bonds. The first-order valence-electron chi connectivity index (χ1n) is 9.08. The number of amides is 2. The molecule has 2 aliphatic rings. The highest BCUT2D eigenvalue weighted by Gasteiger charge is 2.48. The van der Waals surface area contributed by atoms with E-state index in [1.807, 2.05) is 20.8 Å². The molecule has 1 aliphatic carbocycles. The highest BCUT2D eigenvalue weighted by Crippen LogP contribution is 2.38. The summed E-state index contributed by atoms with van der Waals surface area (Å²) >= 11 is 0. The van der Waals surface area contributed by atoms with Crippen molar-refractivity contribution in [2.24, 2.45) is 17.3 Å². The number of carboxylic acids is 1. The Morgan fingerprint density at radius 3 is 2.33 bits per heavy atom. The van der Waals surface area contributed by atoms with Gasteiger partial charge in [0, 0.05) is 31.5 Å². The molecule has 136 valence electrons. The van der Waals surface area contributed by atoms with Crippen LogP contribution in [0.3, 0.4) is 0 Å². The average Bonchev–Trinajstić information content (AvgIpc) is 3.17. The fraction of sp³-hybridized carbons (Fsp3) is 0.833. The summed E-state index contributed by atoms with van der Waals surface area (Å²) in [5.41, 5.74) is -0.841. The van der Waals surface area contributed by atoms with Gasteiger partial charge in [-0.1, -0.05) is 26.7 Å². The number of carboxylic acid groups (broad SMARTS) is 1. The number of carbonyl (C=O) groups excluding carboxylic acids is 2. The largest absolute Gasteiger partial charge is 0.481 e. The van der Waals surface area contributed by atoms with Crippen molar-refractivity contribution in [2.75, 3.05) is 13.1 Å². The van der Waals surface area contributed by atoms with Gasteiger partial charge in [-0.05, 0) is 32.1 Å². The van der Waals surface area contributed by atoms with E-state index in [1.54, 1.807) is 4.90 Å². The predicted molar refractivity (Wildman–Crippen MR) is 90.3 cm³/mol. The molecule has 2 N–H and O–H groups in total. The van der Waals surface area contributed by atoms with Crippen LogP contribution in [0.2, 0.25) is 0 Å². The van der Waals surface area contributed by atoms with Gasteiger partial charge in [-0.2, -0.15) is 0 Å². The molecule has 0 aromatic carbocycles. The van der Waals surface area contributed by atoms with Crippen molar-refractivity contribution in [2.45, 2.75) is 65.3 Å². The van der Waals surface area contributed by atoms with Crippen LogP contribution in [0.1, 0.15) is 59.3 Å². The number of rotatable bonds is 6. The summed E-state index contributed by atoms with van der Waals surface area (Å²) in [6.45, 7) is 6.38. The molecule has 0 bridgehead atoms. The van der Waals surface area contributed by atoms with Crippen LogP contribution in [0.4, 0.5) is 0 Å². The zero-order chi connectivity index (χ0) is 17.9. The van der Waals surface area contributed by atoms with Crippen LogP contribution in [-0.4, -0.2) is 46.9 Å². The summed E-state index contributed by atoms with van der Waals surface area (Å²) < 4.78 is 0. The molecular formula is C18H30N2O4. The van der Waals surface area contributed by atoms with Gasteiger partial charge in [0.05, 0.1) is 5.41 Å². The lowest BCUT2D eigenvalue weighted by Gasteiger charge is -2.29. The lowest BCUT2D eigenvalue weighted by Crippen LogP contribution is -2.43. The SMILES string of the molecule is CC(CC(=O)N1CCC(C(=O)O)(C(C)C)C1)NC(=O)C1CCCC1. The van der Waals surface area contributed by atoms with Gasteiger partial charge in [0.25, 0.3) is 0 Å². The zero-order valence-corrected chi connectivity index (χ0v) is 15.0. The maximum atomic E-state index is 12.5. The van der Waals surface area contributed by atoms with Gasteiger partial charge in [0.2, 0.25) is 11.8 Å². The van der Waals surface area contributed by atoms with E-state index in [0.717, 1.165) is 25.7 Å². The first-order valence-corrected chi connectivity index (χ1v) is 9.08. The molecule has 6 nitrogen and oxygen atoms in total. The summed E-state index contributed by atoms with van der Waals surface area (Å²) in [6, 6.07) is -0.218. The standard InChI is InChI=1S/C18H30N2O4/c1-12(2)18(17(23)24)8-9-20(11-18)15(21)10-13(3)19-16(22)14-6-4-5-7-14/h12-14H,4-11H2,1-3H3,(H,19,22)(H,23,24). The number of hydrogen-bond acceptors (Lipinski definition) is 3. The molecule has 1 aliphatic heterocycles. The van der Waals surface area contributed by atoms with Crippen LogP contribution in [-0.2, 0) is 14.4 Å². The predicted octanol–water partition coefficient (Wildman–Crippen LogP) is 2.03. The van der Waals surface area contributed by atoms with Crippen LogP contribution in [0.5, 0.6) is 0 Å². The lowest BCUT2D eigenvalue weighted by molar-refractivity contribution is -0.151. The molecule has 2 unspecified atom stereocenters. The van der Waals surface area contributed by atoms with Gasteiger partial charge >= 0.3 is 5.97 Å². The van der Waals surface area contributed by atoms with Crippen molar-refractivity contribution < 1.29 is 19.5 Å². The Kier molecular flexibility index (Phi) is 5.88. The molecule has 2 rings (SSSR count). The topological polar surface area (TPSA) is 86.7 Å².